The van der Waals surface area contributed by atoms with Gasteiger partial charge in [0.1, 0.15) is 11.2 Å². The van der Waals surface area contributed by atoms with Crippen LogP contribution in [-0.4, -0.2) is 95.6 Å². The molecule has 14 heteroatoms. The van der Waals surface area contributed by atoms with Crippen molar-refractivity contribution >= 4 is 30.0 Å². The molecular weight excluding hydrogens is 480 g/mol. The first-order valence-corrected chi connectivity index (χ1v) is 12.6. The first-order valence-electron chi connectivity index (χ1n) is 12.6. The molecule has 0 radical (unpaired) electrons. The van der Waals surface area contributed by atoms with E-state index in [2.05, 4.69) is 41.1 Å². The van der Waals surface area contributed by atoms with Gasteiger partial charge in [-0.25, -0.2) is 9.59 Å². The van der Waals surface area contributed by atoms with Crippen LogP contribution in [0.1, 0.15) is 54.4 Å². The Bertz CT molecular complexity index is 793. The lowest BCUT2D eigenvalue weighted by molar-refractivity contribution is 0.0520. The van der Waals surface area contributed by atoms with Crippen LogP contribution < -0.4 is 32.7 Å². The second-order valence-electron chi connectivity index (χ2n) is 10.4. The summed E-state index contributed by atoms with van der Waals surface area (Å²) in [6.45, 7) is 15.0. The van der Waals surface area contributed by atoms with Gasteiger partial charge in [-0.3, -0.25) is 4.90 Å². The Labute approximate surface area is 220 Å². The Balaban J connectivity index is 2.62. The smallest absolute Gasteiger partial charge is 0.407 e. The van der Waals surface area contributed by atoms with E-state index < -0.39 is 23.4 Å². The Kier molecular flexibility index (Phi) is 13.7. The zero-order valence-corrected chi connectivity index (χ0v) is 23.1. The lowest BCUT2D eigenvalue weighted by Crippen LogP contribution is -2.43. The molecule has 0 aliphatic rings. The van der Waals surface area contributed by atoms with Crippen molar-refractivity contribution < 1.29 is 19.1 Å². The second kappa shape index (κ2) is 15.9. The van der Waals surface area contributed by atoms with Gasteiger partial charge in [0, 0.05) is 45.8 Å². The van der Waals surface area contributed by atoms with E-state index in [0.29, 0.717) is 64.3 Å². The SMILES string of the molecule is CC(C)(C)OC(=O)NCCN(CCNC(=O)OC(C)(C)C)CCNc1nc(N)nc(NCCCCN)n1. The van der Waals surface area contributed by atoms with Crippen molar-refractivity contribution in [2.24, 2.45) is 5.73 Å². The summed E-state index contributed by atoms with van der Waals surface area (Å²) in [6, 6.07) is 0. The number of nitrogens with two attached hydrogens (primary N) is 2. The minimum Gasteiger partial charge on any atom is -0.444 e. The molecule has 0 saturated carbocycles. The van der Waals surface area contributed by atoms with Crippen LogP contribution in [0.5, 0.6) is 0 Å². The summed E-state index contributed by atoms with van der Waals surface area (Å²) >= 11 is 0. The van der Waals surface area contributed by atoms with Crippen LogP contribution in [0.2, 0.25) is 0 Å². The average molecular weight is 527 g/mol. The number of nitrogen functional groups attached to an aromatic ring is 1. The van der Waals surface area contributed by atoms with Crippen LogP contribution in [0.4, 0.5) is 27.4 Å². The van der Waals surface area contributed by atoms with Crippen molar-refractivity contribution in [2.45, 2.75) is 65.6 Å². The van der Waals surface area contributed by atoms with Gasteiger partial charge in [-0.15, -0.1) is 0 Å². The summed E-state index contributed by atoms with van der Waals surface area (Å²) in [5, 5.41) is 11.8. The fraction of sp³-hybridized carbons (Fsp3) is 0.783. The summed E-state index contributed by atoms with van der Waals surface area (Å²) in [4.78, 5) is 38.6. The van der Waals surface area contributed by atoms with Gasteiger partial charge in [0.05, 0.1) is 0 Å². The average Bonchev–Trinajstić information content (AvgIpc) is 2.73. The highest BCUT2D eigenvalue weighted by molar-refractivity contribution is 5.68. The minimum absolute atomic E-state index is 0.110. The molecule has 212 valence electrons. The van der Waals surface area contributed by atoms with Gasteiger partial charge in [-0.1, -0.05) is 0 Å². The molecule has 1 aromatic rings. The van der Waals surface area contributed by atoms with E-state index >= 15 is 0 Å². The zero-order chi connectivity index (χ0) is 27.9. The van der Waals surface area contributed by atoms with Gasteiger partial charge in [0.25, 0.3) is 0 Å². The summed E-state index contributed by atoms with van der Waals surface area (Å²) in [7, 11) is 0. The Hall–Kier alpha value is -3.13. The monoisotopic (exact) mass is 526 g/mol. The van der Waals surface area contributed by atoms with E-state index in [4.69, 9.17) is 20.9 Å². The number of hydrogen-bond donors (Lipinski definition) is 6. The first-order chi connectivity index (χ1) is 17.3. The third-order valence-electron chi connectivity index (χ3n) is 4.47. The summed E-state index contributed by atoms with van der Waals surface area (Å²) < 4.78 is 10.6. The molecule has 0 unspecified atom stereocenters. The number of amides is 2. The van der Waals surface area contributed by atoms with Crippen molar-refractivity contribution in [3.8, 4) is 0 Å². The maximum Gasteiger partial charge on any atom is 0.407 e. The van der Waals surface area contributed by atoms with Crippen LogP contribution >= 0.6 is 0 Å². The predicted molar refractivity (Wildman–Crippen MR) is 144 cm³/mol. The Morgan fingerprint density at radius 2 is 1.22 bits per heavy atom. The van der Waals surface area contributed by atoms with E-state index in [9.17, 15) is 9.59 Å². The number of nitrogens with one attached hydrogen (secondary N) is 4. The van der Waals surface area contributed by atoms with E-state index in [1.807, 2.05) is 41.5 Å². The number of unbranched alkanes of at least 4 members (excludes halogenated alkanes) is 1. The molecule has 2 amide bonds. The fourth-order valence-corrected chi connectivity index (χ4v) is 2.94. The molecule has 1 aromatic heterocycles. The number of anilines is 3. The maximum absolute atomic E-state index is 12.0. The molecule has 0 spiro atoms. The predicted octanol–water partition coefficient (Wildman–Crippen LogP) is 1.37. The Morgan fingerprint density at radius 3 is 1.68 bits per heavy atom. The standard InChI is InChI=1S/C23H46N10O4/c1-22(2,3)36-20(34)28-12-15-33(16-13-29-21(35)37-23(4,5)6)14-11-27-19-31-17(25)30-18(32-19)26-10-8-7-9-24/h7-16,24H2,1-6H3,(H,28,34)(H,29,35)(H4,25,26,27,30,31,32). The number of carbonyl (C=O) groups is 2. The molecule has 0 aromatic carbocycles. The molecule has 1 rings (SSSR count). The van der Waals surface area contributed by atoms with Gasteiger partial charge in [-0.05, 0) is 60.9 Å². The maximum atomic E-state index is 12.0. The fourth-order valence-electron chi connectivity index (χ4n) is 2.94. The van der Waals surface area contributed by atoms with Crippen LogP contribution in [0.25, 0.3) is 0 Å². The third kappa shape index (κ3) is 17.0. The van der Waals surface area contributed by atoms with Crippen LogP contribution in [0.3, 0.4) is 0 Å². The lowest BCUT2D eigenvalue weighted by Gasteiger charge is -2.24. The van der Waals surface area contributed by atoms with Gasteiger partial charge in [0.15, 0.2) is 0 Å². The van der Waals surface area contributed by atoms with Crippen LogP contribution in [-0.2, 0) is 9.47 Å². The molecule has 0 aliphatic heterocycles. The molecule has 37 heavy (non-hydrogen) atoms. The third-order valence-corrected chi connectivity index (χ3v) is 4.47. The van der Waals surface area contributed by atoms with E-state index in [1.54, 1.807) is 0 Å². The van der Waals surface area contributed by atoms with Gasteiger partial charge >= 0.3 is 12.2 Å². The van der Waals surface area contributed by atoms with Gasteiger partial charge in [0.2, 0.25) is 17.8 Å². The number of aromatic nitrogens is 3. The molecule has 0 saturated heterocycles. The summed E-state index contributed by atoms with van der Waals surface area (Å²) in [6.07, 6.45) is 0.836. The number of nitrogens with zero attached hydrogens (tertiary/aromatic N) is 4. The second-order valence-corrected chi connectivity index (χ2v) is 10.4. The molecule has 8 N–H and O–H groups in total. The number of carbonyl (C=O) groups excluding carboxylic acids is 2. The molecular formula is C23H46N10O4. The lowest BCUT2D eigenvalue weighted by atomic mass is 10.2. The van der Waals surface area contributed by atoms with Crippen molar-refractivity contribution in [2.75, 3.05) is 68.7 Å². The van der Waals surface area contributed by atoms with Crippen molar-refractivity contribution in [3.63, 3.8) is 0 Å². The zero-order valence-electron chi connectivity index (χ0n) is 23.1. The van der Waals surface area contributed by atoms with E-state index in [-0.39, 0.29) is 5.95 Å². The number of rotatable bonds is 15. The van der Waals surface area contributed by atoms with Crippen molar-refractivity contribution in [1.82, 2.24) is 30.5 Å². The molecule has 0 fully saturated rings. The Morgan fingerprint density at radius 1 is 0.757 bits per heavy atom. The van der Waals surface area contributed by atoms with Gasteiger partial charge < -0.3 is 42.2 Å². The van der Waals surface area contributed by atoms with Crippen molar-refractivity contribution in [3.05, 3.63) is 0 Å². The largest absolute Gasteiger partial charge is 0.444 e. The molecule has 0 atom stereocenters. The highest BCUT2D eigenvalue weighted by atomic mass is 16.6. The highest BCUT2D eigenvalue weighted by Gasteiger charge is 2.17. The summed E-state index contributed by atoms with van der Waals surface area (Å²) in [5.74, 6) is 0.860. The van der Waals surface area contributed by atoms with Crippen LogP contribution in [0, 0.1) is 0 Å². The topological polar surface area (TPSA) is 195 Å². The summed E-state index contributed by atoms with van der Waals surface area (Å²) in [5.41, 5.74) is 10.2. The van der Waals surface area contributed by atoms with E-state index in [0.717, 1.165) is 12.8 Å². The molecule has 14 nitrogen and oxygen atoms in total. The van der Waals surface area contributed by atoms with Crippen LogP contribution in [0.15, 0.2) is 0 Å². The highest BCUT2D eigenvalue weighted by Crippen LogP contribution is 2.08. The number of alkyl carbamates (subject to hydrolysis) is 2. The quantitative estimate of drug-likeness (QED) is 0.180. The number of hydrogen-bond acceptors (Lipinski definition) is 12. The van der Waals surface area contributed by atoms with Crippen molar-refractivity contribution in [1.29, 1.82) is 0 Å². The van der Waals surface area contributed by atoms with Gasteiger partial charge in [-0.2, -0.15) is 15.0 Å². The first kappa shape index (κ1) is 31.9. The molecule has 0 aliphatic carbocycles. The molecule has 1 heterocycles. The van der Waals surface area contributed by atoms with E-state index in [1.165, 1.54) is 0 Å². The normalized spacial score (nSPS) is 11.7. The minimum atomic E-state index is -0.574. The molecule has 0 bridgehead atoms. The number of ether oxygens (including phenoxy) is 2.